The smallest absolute Gasteiger partial charge is 0.257 e. The van der Waals surface area contributed by atoms with Crippen molar-refractivity contribution in [1.82, 2.24) is 25.2 Å². The van der Waals surface area contributed by atoms with Gasteiger partial charge in [-0.25, -0.2) is 9.69 Å². The average Bonchev–Trinajstić information content (AvgIpc) is 2.15. The molecule has 1 N–H and O–H groups in total. The molecule has 6 nitrogen and oxygen atoms in total. The number of nitrogens with zero attached hydrogens (tertiary/aromatic N) is 5. The van der Waals surface area contributed by atoms with E-state index in [0.29, 0.717) is 5.95 Å². The highest BCUT2D eigenvalue weighted by Gasteiger charge is 1.99. The van der Waals surface area contributed by atoms with Crippen molar-refractivity contribution in [2.45, 2.75) is 0 Å². The molecule has 0 amide bonds. The molecule has 0 aliphatic heterocycles. The first-order valence-electron chi connectivity index (χ1n) is 2.86. The summed E-state index contributed by atoms with van der Waals surface area (Å²) in [5, 5.41) is 12.6. The highest BCUT2D eigenvalue weighted by atomic mass is 15.6. The van der Waals surface area contributed by atoms with Crippen molar-refractivity contribution in [3.05, 3.63) is 0 Å². The lowest BCUT2D eigenvalue weighted by molar-refractivity contribution is 0.483. The second-order valence-electron chi connectivity index (χ2n) is 2.13. The van der Waals surface area contributed by atoms with Gasteiger partial charge in [0.2, 0.25) is 0 Å². The van der Waals surface area contributed by atoms with E-state index in [2.05, 4.69) is 21.0 Å². The zero-order chi connectivity index (χ0) is 7.56. The molecular weight excluding hydrogens is 132 g/mol. The fourth-order valence-electron chi connectivity index (χ4n) is 0.524. The summed E-state index contributed by atoms with van der Waals surface area (Å²) in [4.78, 5) is 0. The van der Waals surface area contributed by atoms with E-state index in [9.17, 15) is 0 Å². The van der Waals surface area contributed by atoms with Crippen molar-refractivity contribution in [2.75, 3.05) is 19.5 Å². The maximum absolute atomic E-state index is 3.70. The molecule has 1 rings (SSSR count). The van der Waals surface area contributed by atoms with Crippen molar-refractivity contribution >= 4 is 5.95 Å². The van der Waals surface area contributed by atoms with Crippen LogP contribution < -0.4 is 5.43 Å². The Hall–Kier alpha value is -1.17. The average molecular weight is 142 g/mol. The first-order valence-corrected chi connectivity index (χ1v) is 2.86. The van der Waals surface area contributed by atoms with Crippen LogP contribution in [-0.2, 0) is 7.05 Å². The van der Waals surface area contributed by atoms with Crippen LogP contribution in [0.15, 0.2) is 0 Å². The molecule has 0 saturated carbocycles. The molecular formula is C4H10N6. The Labute approximate surface area is 58.8 Å². The summed E-state index contributed by atoms with van der Waals surface area (Å²) in [6.07, 6.45) is 0. The largest absolute Gasteiger partial charge is 0.286 e. The van der Waals surface area contributed by atoms with Gasteiger partial charge >= 0.3 is 0 Å². The maximum atomic E-state index is 3.70. The Bertz CT molecular complexity index is 203. The highest BCUT2D eigenvalue weighted by molar-refractivity contribution is 5.17. The third kappa shape index (κ3) is 1.41. The van der Waals surface area contributed by atoms with Crippen LogP contribution in [0.3, 0.4) is 0 Å². The van der Waals surface area contributed by atoms with Crippen LogP contribution in [0.2, 0.25) is 0 Å². The SMILES string of the molecule is CN(C)Nc1nnnn1C. The first-order chi connectivity index (χ1) is 4.70. The van der Waals surface area contributed by atoms with E-state index in [4.69, 9.17) is 0 Å². The fourth-order valence-corrected chi connectivity index (χ4v) is 0.524. The third-order valence-electron chi connectivity index (χ3n) is 0.944. The van der Waals surface area contributed by atoms with Gasteiger partial charge in [0.25, 0.3) is 5.95 Å². The van der Waals surface area contributed by atoms with E-state index in [1.807, 2.05) is 14.1 Å². The molecule has 1 aromatic rings. The minimum absolute atomic E-state index is 0.630. The molecule has 10 heavy (non-hydrogen) atoms. The van der Waals surface area contributed by atoms with E-state index in [0.717, 1.165) is 0 Å². The summed E-state index contributed by atoms with van der Waals surface area (Å²) in [5.74, 6) is 0.630. The van der Waals surface area contributed by atoms with E-state index in [1.54, 1.807) is 16.7 Å². The Morgan fingerprint density at radius 1 is 1.50 bits per heavy atom. The van der Waals surface area contributed by atoms with E-state index in [1.165, 1.54) is 0 Å². The molecule has 1 heterocycles. The van der Waals surface area contributed by atoms with Gasteiger partial charge in [-0.05, 0) is 10.4 Å². The molecule has 56 valence electrons. The number of hydrazine groups is 1. The predicted molar refractivity (Wildman–Crippen MR) is 36.1 cm³/mol. The number of hydrogen-bond acceptors (Lipinski definition) is 5. The number of rotatable bonds is 2. The molecule has 0 saturated heterocycles. The third-order valence-corrected chi connectivity index (χ3v) is 0.944. The molecule has 1 aromatic heterocycles. The number of tetrazole rings is 1. The van der Waals surface area contributed by atoms with Gasteiger partial charge in [0, 0.05) is 21.1 Å². The molecule has 0 bridgehead atoms. The molecule has 0 unspecified atom stereocenters. The number of aromatic nitrogens is 4. The Morgan fingerprint density at radius 2 is 2.20 bits per heavy atom. The lowest BCUT2D eigenvalue weighted by Gasteiger charge is -2.09. The first kappa shape index (κ1) is 6.94. The Balaban J connectivity index is 2.65. The molecule has 0 spiro atoms. The maximum Gasteiger partial charge on any atom is 0.257 e. The summed E-state index contributed by atoms with van der Waals surface area (Å²) >= 11 is 0. The quantitative estimate of drug-likeness (QED) is 0.542. The van der Waals surface area contributed by atoms with Crippen molar-refractivity contribution in [3.63, 3.8) is 0 Å². The van der Waals surface area contributed by atoms with E-state index in [-0.39, 0.29) is 0 Å². The Morgan fingerprint density at radius 3 is 2.60 bits per heavy atom. The molecule has 6 heteroatoms. The number of anilines is 1. The predicted octanol–water partition coefficient (Wildman–Crippen LogP) is -0.901. The minimum atomic E-state index is 0.630. The second kappa shape index (κ2) is 2.61. The summed E-state index contributed by atoms with van der Waals surface area (Å²) < 4.78 is 1.56. The van der Waals surface area contributed by atoms with Gasteiger partial charge in [0.15, 0.2) is 0 Å². The lowest BCUT2D eigenvalue weighted by atomic mass is 11.0. The number of aryl methyl sites for hydroxylation is 1. The zero-order valence-corrected chi connectivity index (χ0v) is 6.24. The van der Waals surface area contributed by atoms with Crippen LogP contribution in [0.1, 0.15) is 0 Å². The molecule has 0 fully saturated rings. The lowest BCUT2D eigenvalue weighted by Crippen LogP contribution is -2.22. The van der Waals surface area contributed by atoms with Gasteiger partial charge in [0.1, 0.15) is 0 Å². The molecule has 0 aliphatic carbocycles. The topological polar surface area (TPSA) is 58.9 Å². The van der Waals surface area contributed by atoms with Gasteiger partial charge in [-0.3, -0.25) is 5.43 Å². The van der Waals surface area contributed by atoms with Crippen LogP contribution >= 0.6 is 0 Å². The summed E-state index contributed by atoms with van der Waals surface area (Å²) in [7, 11) is 5.51. The standard InChI is InChI=1S/C4H10N6/c1-9(2)6-4-5-7-8-10(4)3/h1-3H3,(H,5,6,8). The highest BCUT2D eigenvalue weighted by Crippen LogP contribution is 1.94. The summed E-state index contributed by atoms with van der Waals surface area (Å²) in [5.41, 5.74) is 2.91. The van der Waals surface area contributed by atoms with E-state index >= 15 is 0 Å². The summed E-state index contributed by atoms with van der Waals surface area (Å²) in [6.45, 7) is 0. The van der Waals surface area contributed by atoms with Gasteiger partial charge in [0.05, 0.1) is 0 Å². The second-order valence-corrected chi connectivity index (χ2v) is 2.13. The monoisotopic (exact) mass is 142 g/mol. The van der Waals surface area contributed by atoms with Gasteiger partial charge < -0.3 is 0 Å². The normalized spacial score (nSPS) is 10.4. The van der Waals surface area contributed by atoms with Crippen LogP contribution in [0, 0.1) is 0 Å². The van der Waals surface area contributed by atoms with Crippen LogP contribution in [0.5, 0.6) is 0 Å². The number of hydrogen-bond donors (Lipinski definition) is 1. The van der Waals surface area contributed by atoms with E-state index < -0.39 is 0 Å². The van der Waals surface area contributed by atoms with Crippen LogP contribution in [-0.4, -0.2) is 39.3 Å². The molecule has 0 aliphatic rings. The van der Waals surface area contributed by atoms with Crippen molar-refractivity contribution in [1.29, 1.82) is 0 Å². The molecule has 0 aromatic carbocycles. The van der Waals surface area contributed by atoms with Gasteiger partial charge in [-0.1, -0.05) is 5.10 Å². The van der Waals surface area contributed by atoms with Crippen molar-refractivity contribution < 1.29 is 0 Å². The van der Waals surface area contributed by atoms with Crippen molar-refractivity contribution in [2.24, 2.45) is 7.05 Å². The minimum Gasteiger partial charge on any atom is -0.286 e. The number of nitrogens with one attached hydrogen (secondary N) is 1. The van der Waals surface area contributed by atoms with Gasteiger partial charge in [-0.15, -0.1) is 0 Å². The van der Waals surface area contributed by atoms with Crippen LogP contribution in [0.4, 0.5) is 5.95 Å². The fraction of sp³-hybridized carbons (Fsp3) is 0.750. The van der Waals surface area contributed by atoms with Crippen LogP contribution in [0.25, 0.3) is 0 Å². The summed E-state index contributed by atoms with van der Waals surface area (Å²) in [6, 6.07) is 0. The van der Waals surface area contributed by atoms with Crippen molar-refractivity contribution in [3.8, 4) is 0 Å². The van der Waals surface area contributed by atoms with Gasteiger partial charge in [-0.2, -0.15) is 0 Å². The zero-order valence-electron chi connectivity index (χ0n) is 6.24. The molecule has 0 atom stereocenters. The Kier molecular flexibility index (Phi) is 1.81. The molecule has 0 radical (unpaired) electrons.